The summed E-state index contributed by atoms with van der Waals surface area (Å²) in [4.78, 5) is 20.6. The molecule has 3 aromatic rings. The molecule has 0 radical (unpaired) electrons. The average molecular weight is 589 g/mol. The lowest BCUT2D eigenvalue weighted by Gasteiger charge is -2.33. The first-order valence-corrected chi connectivity index (χ1v) is 13.8. The van der Waals surface area contributed by atoms with Gasteiger partial charge in [-0.15, -0.1) is 0 Å². The summed E-state index contributed by atoms with van der Waals surface area (Å²) >= 11 is 0. The molecular weight excluding hydrogens is 550 g/mol. The quantitative estimate of drug-likeness (QED) is 0.326. The van der Waals surface area contributed by atoms with Crippen LogP contribution in [0, 0.1) is 11.6 Å². The summed E-state index contributed by atoms with van der Waals surface area (Å²) in [5.41, 5.74) is -0.582. The molecule has 1 aromatic heterocycles. The molecule has 0 aliphatic carbocycles. The SMILES string of the molecule is CCc1nccn1CCOc1cc(CN2CCN(C(=O)COC)C[C@@](O)(COc3ccc(F)c(F)c3)C2)ccc1OC. The second-order valence-corrected chi connectivity index (χ2v) is 10.3. The van der Waals surface area contributed by atoms with E-state index in [1.54, 1.807) is 13.3 Å². The Bertz CT molecular complexity index is 1340. The predicted octanol–water partition coefficient (Wildman–Crippen LogP) is 2.91. The number of aromatic nitrogens is 2. The maximum absolute atomic E-state index is 13.7. The molecule has 2 heterocycles. The zero-order chi connectivity index (χ0) is 30.1. The highest BCUT2D eigenvalue weighted by Gasteiger charge is 2.37. The van der Waals surface area contributed by atoms with E-state index in [0.717, 1.165) is 29.9 Å². The third-order valence-electron chi connectivity index (χ3n) is 7.05. The number of halogens is 2. The van der Waals surface area contributed by atoms with Crippen molar-refractivity contribution in [1.29, 1.82) is 0 Å². The van der Waals surface area contributed by atoms with Crippen LogP contribution in [0.1, 0.15) is 18.3 Å². The van der Waals surface area contributed by atoms with Crippen molar-refractivity contribution >= 4 is 5.91 Å². The van der Waals surface area contributed by atoms with Crippen LogP contribution in [0.4, 0.5) is 8.78 Å². The Morgan fingerprint density at radius 2 is 1.88 bits per heavy atom. The zero-order valence-electron chi connectivity index (χ0n) is 24.2. The van der Waals surface area contributed by atoms with Crippen LogP contribution in [0.25, 0.3) is 0 Å². The molecule has 1 atom stereocenters. The molecule has 10 nitrogen and oxygen atoms in total. The van der Waals surface area contributed by atoms with E-state index >= 15 is 0 Å². The lowest BCUT2D eigenvalue weighted by atomic mass is 10.0. The van der Waals surface area contributed by atoms with Crippen LogP contribution >= 0.6 is 0 Å². The Morgan fingerprint density at radius 3 is 2.62 bits per heavy atom. The van der Waals surface area contributed by atoms with Crippen molar-refractivity contribution in [2.24, 2.45) is 0 Å². The Labute approximate surface area is 244 Å². The Kier molecular flexibility index (Phi) is 10.7. The van der Waals surface area contributed by atoms with Gasteiger partial charge in [-0.1, -0.05) is 13.0 Å². The van der Waals surface area contributed by atoms with Gasteiger partial charge in [0.2, 0.25) is 5.91 Å². The van der Waals surface area contributed by atoms with Gasteiger partial charge < -0.3 is 33.5 Å². The molecule has 0 unspecified atom stereocenters. The fourth-order valence-corrected chi connectivity index (χ4v) is 4.98. The number of methoxy groups -OCH3 is 2. The van der Waals surface area contributed by atoms with Crippen LogP contribution in [-0.2, 0) is 29.0 Å². The summed E-state index contributed by atoms with van der Waals surface area (Å²) in [7, 11) is 3.02. The summed E-state index contributed by atoms with van der Waals surface area (Å²) in [6.45, 7) is 4.18. The Morgan fingerprint density at radius 1 is 1.05 bits per heavy atom. The second-order valence-electron chi connectivity index (χ2n) is 10.3. The Hall–Kier alpha value is -3.74. The van der Waals surface area contributed by atoms with Crippen molar-refractivity contribution in [3.63, 3.8) is 0 Å². The number of β-amino-alcohol motifs (C(OH)–C–C–N with tert-alkyl or cyclic N) is 1. The zero-order valence-corrected chi connectivity index (χ0v) is 24.2. The number of amides is 1. The van der Waals surface area contributed by atoms with E-state index in [1.807, 2.05) is 33.9 Å². The molecule has 1 aliphatic heterocycles. The van der Waals surface area contributed by atoms with Crippen molar-refractivity contribution in [2.75, 3.05) is 60.2 Å². The number of aryl methyl sites for hydroxylation is 1. The molecule has 1 aliphatic rings. The maximum Gasteiger partial charge on any atom is 0.248 e. The molecule has 1 saturated heterocycles. The first-order valence-electron chi connectivity index (χ1n) is 13.8. The first-order chi connectivity index (χ1) is 20.2. The number of hydrogen-bond acceptors (Lipinski definition) is 8. The molecule has 12 heteroatoms. The second kappa shape index (κ2) is 14.4. The van der Waals surface area contributed by atoms with Gasteiger partial charge in [0.05, 0.1) is 20.2 Å². The molecular formula is C30H38F2N4O6. The summed E-state index contributed by atoms with van der Waals surface area (Å²) in [5, 5.41) is 11.6. The molecule has 1 amide bonds. The summed E-state index contributed by atoms with van der Waals surface area (Å²) in [5.74, 6) is -0.0536. The number of nitrogens with zero attached hydrogens (tertiary/aromatic N) is 4. The van der Waals surface area contributed by atoms with Gasteiger partial charge in [0.1, 0.15) is 37.0 Å². The smallest absolute Gasteiger partial charge is 0.248 e. The average Bonchev–Trinajstić information content (AvgIpc) is 3.36. The van der Waals surface area contributed by atoms with Gasteiger partial charge in [-0.2, -0.15) is 0 Å². The number of aliphatic hydroxyl groups is 1. The molecule has 0 bridgehead atoms. The van der Waals surface area contributed by atoms with E-state index < -0.39 is 17.2 Å². The molecule has 1 fully saturated rings. The number of ether oxygens (including phenoxy) is 4. The lowest BCUT2D eigenvalue weighted by molar-refractivity contribution is -0.138. The van der Waals surface area contributed by atoms with E-state index in [0.29, 0.717) is 44.3 Å². The minimum atomic E-state index is -1.50. The molecule has 0 spiro atoms. The van der Waals surface area contributed by atoms with Gasteiger partial charge in [0.15, 0.2) is 23.1 Å². The maximum atomic E-state index is 13.7. The first kappa shape index (κ1) is 31.2. The van der Waals surface area contributed by atoms with Gasteiger partial charge in [-0.05, 0) is 29.8 Å². The number of carbonyl (C=O) groups excluding carboxylic acids is 1. The van der Waals surface area contributed by atoms with Crippen molar-refractivity contribution < 1.29 is 37.6 Å². The van der Waals surface area contributed by atoms with E-state index in [9.17, 15) is 18.7 Å². The van der Waals surface area contributed by atoms with E-state index in [1.165, 1.54) is 18.1 Å². The lowest BCUT2D eigenvalue weighted by Crippen LogP contribution is -2.52. The Balaban J connectivity index is 1.47. The van der Waals surface area contributed by atoms with Crippen LogP contribution in [0.2, 0.25) is 0 Å². The van der Waals surface area contributed by atoms with Crippen molar-refractivity contribution in [2.45, 2.75) is 32.0 Å². The number of carbonyl (C=O) groups is 1. The molecule has 0 saturated carbocycles. The fraction of sp³-hybridized carbons (Fsp3) is 0.467. The molecule has 1 N–H and O–H groups in total. The fourth-order valence-electron chi connectivity index (χ4n) is 4.98. The van der Waals surface area contributed by atoms with E-state index in [2.05, 4.69) is 11.9 Å². The van der Waals surface area contributed by atoms with E-state index in [4.69, 9.17) is 18.9 Å². The van der Waals surface area contributed by atoms with Gasteiger partial charge in [0.25, 0.3) is 0 Å². The normalized spacial score (nSPS) is 17.6. The number of benzene rings is 2. The molecule has 2 aromatic carbocycles. The topological polar surface area (TPSA) is 98.5 Å². The number of imidazole rings is 1. The van der Waals surface area contributed by atoms with Crippen LogP contribution in [0.5, 0.6) is 17.2 Å². The minimum absolute atomic E-state index is 0.0135. The van der Waals surface area contributed by atoms with Crippen LogP contribution in [-0.4, -0.2) is 96.2 Å². The summed E-state index contributed by atoms with van der Waals surface area (Å²) in [6.07, 6.45) is 4.52. The third-order valence-corrected chi connectivity index (χ3v) is 7.05. The largest absolute Gasteiger partial charge is 0.493 e. The predicted molar refractivity (Wildman–Crippen MR) is 151 cm³/mol. The van der Waals surface area contributed by atoms with Gasteiger partial charge in [-0.25, -0.2) is 13.8 Å². The highest BCUT2D eigenvalue weighted by Crippen LogP contribution is 2.29. The summed E-state index contributed by atoms with van der Waals surface area (Å²) in [6, 6.07) is 8.85. The minimum Gasteiger partial charge on any atom is -0.493 e. The van der Waals surface area contributed by atoms with Crippen LogP contribution in [0.3, 0.4) is 0 Å². The van der Waals surface area contributed by atoms with E-state index in [-0.39, 0.29) is 38.0 Å². The van der Waals surface area contributed by atoms with Crippen molar-refractivity contribution in [3.8, 4) is 17.2 Å². The third kappa shape index (κ3) is 8.17. The van der Waals surface area contributed by atoms with Crippen molar-refractivity contribution in [3.05, 3.63) is 71.8 Å². The van der Waals surface area contributed by atoms with Crippen LogP contribution < -0.4 is 14.2 Å². The number of hydrogen-bond donors (Lipinski definition) is 1. The molecule has 4 rings (SSSR count). The summed E-state index contributed by atoms with van der Waals surface area (Å²) < 4.78 is 51.4. The number of rotatable bonds is 13. The molecule has 42 heavy (non-hydrogen) atoms. The highest BCUT2D eigenvalue weighted by molar-refractivity contribution is 5.77. The standard InChI is InChI=1S/C30H38F2N4O6/c1-4-28-33-9-10-35(28)13-14-41-27-15-22(5-8-26(27)40-3)17-34-11-12-36(29(37)18-39-2)20-30(38,19-34)21-42-23-6-7-24(31)25(32)16-23/h5-10,15-16,38H,4,11-14,17-21H2,1-3H3/t30-/m1/s1. The highest BCUT2D eigenvalue weighted by atomic mass is 19.2. The molecule has 228 valence electrons. The van der Waals surface area contributed by atoms with Gasteiger partial charge >= 0.3 is 0 Å². The monoisotopic (exact) mass is 588 g/mol. The van der Waals surface area contributed by atoms with Gasteiger partial charge in [0, 0.05) is 58.2 Å². The van der Waals surface area contributed by atoms with Crippen molar-refractivity contribution in [1.82, 2.24) is 19.4 Å². The van der Waals surface area contributed by atoms with Crippen LogP contribution in [0.15, 0.2) is 48.8 Å². The van der Waals surface area contributed by atoms with Gasteiger partial charge in [-0.3, -0.25) is 9.69 Å².